The zero-order valence-electron chi connectivity index (χ0n) is 12.6. The summed E-state index contributed by atoms with van der Waals surface area (Å²) in [5, 5.41) is 6.12. The minimum atomic E-state index is 0.00407. The van der Waals surface area contributed by atoms with Crippen LogP contribution in [0.25, 0.3) is 0 Å². The van der Waals surface area contributed by atoms with Crippen molar-refractivity contribution in [3.63, 3.8) is 0 Å². The second kappa shape index (κ2) is 8.51. The van der Waals surface area contributed by atoms with Crippen LogP contribution in [0.15, 0.2) is 22.7 Å². The lowest BCUT2D eigenvalue weighted by Gasteiger charge is -2.26. The molecule has 1 saturated heterocycles. The summed E-state index contributed by atoms with van der Waals surface area (Å²) >= 11 is 3.47. The van der Waals surface area contributed by atoms with Crippen molar-refractivity contribution in [2.75, 3.05) is 38.0 Å². The summed E-state index contributed by atoms with van der Waals surface area (Å²) in [4.78, 5) is 14.3. The molecule has 1 amide bonds. The number of nitrogens with one attached hydrogen (secondary N) is 2. The molecule has 0 bridgehead atoms. The van der Waals surface area contributed by atoms with E-state index in [1.807, 2.05) is 25.1 Å². The van der Waals surface area contributed by atoms with Gasteiger partial charge in [0.15, 0.2) is 0 Å². The molecule has 0 spiro atoms. The van der Waals surface area contributed by atoms with E-state index < -0.39 is 0 Å². The molecule has 1 aliphatic heterocycles. The third-order valence-electron chi connectivity index (χ3n) is 3.79. The first-order valence-electron chi connectivity index (χ1n) is 7.64. The molecule has 0 saturated carbocycles. The number of halogens is 1. The largest absolute Gasteiger partial charge is 0.325 e. The minimum Gasteiger partial charge on any atom is -0.325 e. The van der Waals surface area contributed by atoms with E-state index in [1.54, 1.807) is 0 Å². The fourth-order valence-corrected chi connectivity index (χ4v) is 2.88. The number of aryl methyl sites for hydroxylation is 1. The number of likely N-dealkylation sites (tertiary alicyclic amines) is 1. The summed E-state index contributed by atoms with van der Waals surface area (Å²) in [6.45, 7) is 6.68. The maximum atomic E-state index is 11.9. The Morgan fingerprint density at radius 2 is 2.05 bits per heavy atom. The van der Waals surface area contributed by atoms with Gasteiger partial charge >= 0.3 is 0 Å². The van der Waals surface area contributed by atoms with Crippen LogP contribution in [0.5, 0.6) is 0 Å². The molecule has 0 radical (unpaired) electrons. The first-order chi connectivity index (χ1) is 10.1. The highest BCUT2D eigenvalue weighted by molar-refractivity contribution is 9.10. The van der Waals surface area contributed by atoms with Gasteiger partial charge in [0.25, 0.3) is 0 Å². The number of amides is 1. The van der Waals surface area contributed by atoms with Crippen molar-refractivity contribution in [3.05, 3.63) is 28.2 Å². The van der Waals surface area contributed by atoms with Gasteiger partial charge in [0, 0.05) is 23.2 Å². The average molecular weight is 354 g/mol. The summed E-state index contributed by atoms with van der Waals surface area (Å²) in [5.41, 5.74) is 1.99. The van der Waals surface area contributed by atoms with Crippen LogP contribution in [0.2, 0.25) is 0 Å². The quantitative estimate of drug-likeness (QED) is 0.773. The van der Waals surface area contributed by atoms with E-state index in [0.717, 1.165) is 28.8 Å². The lowest BCUT2D eigenvalue weighted by atomic mass is 10.1. The molecule has 0 aromatic heterocycles. The Kier molecular flexibility index (Phi) is 6.67. The van der Waals surface area contributed by atoms with Gasteiger partial charge in [0.1, 0.15) is 0 Å². The molecule has 1 heterocycles. The van der Waals surface area contributed by atoms with Crippen LogP contribution in [0.3, 0.4) is 0 Å². The first kappa shape index (κ1) is 16.5. The van der Waals surface area contributed by atoms with Crippen LogP contribution in [0.1, 0.15) is 24.8 Å². The Morgan fingerprint density at radius 3 is 2.76 bits per heavy atom. The van der Waals surface area contributed by atoms with Crippen molar-refractivity contribution >= 4 is 27.5 Å². The number of piperidine rings is 1. The third-order valence-corrected chi connectivity index (χ3v) is 4.65. The minimum absolute atomic E-state index is 0.00407. The number of nitrogens with zero attached hydrogens (tertiary/aromatic N) is 1. The van der Waals surface area contributed by atoms with Crippen LogP contribution in [0.4, 0.5) is 5.69 Å². The first-order valence-corrected chi connectivity index (χ1v) is 8.43. The summed E-state index contributed by atoms with van der Waals surface area (Å²) in [6, 6.07) is 5.84. The summed E-state index contributed by atoms with van der Waals surface area (Å²) in [7, 11) is 0. The van der Waals surface area contributed by atoms with E-state index in [1.165, 1.54) is 32.4 Å². The van der Waals surface area contributed by atoms with E-state index in [2.05, 4.69) is 31.5 Å². The zero-order chi connectivity index (χ0) is 15.1. The van der Waals surface area contributed by atoms with Crippen LogP contribution in [0, 0.1) is 6.92 Å². The van der Waals surface area contributed by atoms with Crippen molar-refractivity contribution in [1.29, 1.82) is 0 Å². The maximum Gasteiger partial charge on any atom is 0.238 e. The van der Waals surface area contributed by atoms with Crippen LogP contribution in [-0.4, -0.2) is 43.5 Å². The van der Waals surface area contributed by atoms with Gasteiger partial charge in [-0.3, -0.25) is 4.79 Å². The molecule has 1 aliphatic rings. The standard InChI is InChI=1S/C16H24BrN3O/c1-13-5-6-14(11-15(13)17)19-16(21)12-18-7-10-20-8-3-2-4-9-20/h5-6,11,18H,2-4,7-10,12H2,1H3,(H,19,21). The molecule has 5 heteroatoms. The van der Waals surface area contributed by atoms with Crippen LogP contribution >= 0.6 is 15.9 Å². The molecule has 2 N–H and O–H groups in total. The van der Waals surface area contributed by atoms with Crippen LogP contribution < -0.4 is 10.6 Å². The van der Waals surface area contributed by atoms with Gasteiger partial charge < -0.3 is 15.5 Å². The third kappa shape index (κ3) is 5.77. The van der Waals surface area contributed by atoms with E-state index in [4.69, 9.17) is 0 Å². The highest BCUT2D eigenvalue weighted by Gasteiger charge is 2.09. The van der Waals surface area contributed by atoms with Gasteiger partial charge in [-0.1, -0.05) is 28.4 Å². The van der Waals surface area contributed by atoms with E-state index in [0.29, 0.717) is 6.54 Å². The molecule has 4 nitrogen and oxygen atoms in total. The van der Waals surface area contributed by atoms with Gasteiger partial charge in [0.05, 0.1) is 6.54 Å². The van der Waals surface area contributed by atoms with E-state index in [9.17, 15) is 4.79 Å². The number of rotatable bonds is 6. The molecular weight excluding hydrogens is 330 g/mol. The molecular formula is C16H24BrN3O. The molecule has 116 valence electrons. The topological polar surface area (TPSA) is 44.4 Å². The van der Waals surface area contributed by atoms with Crippen molar-refractivity contribution in [1.82, 2.24) is 10.2 Å². The zero-order valence-corrected chi connectivity index (χ0v) is 14.2. The summed E-state index contributed by atoms with van der Waals surface area (Å²) < 4.78 is 1.01. The fraction of sp³-hybridized carbons (Fsp3) is 0.562. The van der Waals surface area contributed by atoms with Gasteiger partial charge in [-0.2, -0.15) is 0 Å². The normalized spacial score (nSPS) is 15.9. The van der Waals surface area contributed by atoms with Gasteiger partial charge in [0.2, 0.25) is 5.91 Å². The smallest absolute Gasteiger partial charge is 0.238 e. The van der Waals surface area contributed by atoms with Crippen molar-refractivity contribution in [2.45, 2.75) is 26.2 Å². The lowest BCUT2D eigenvalue weighted by Crippen LogP contribution is -2.38. The SMILES string of the molecule is Cc1ccc(NC(=O)CNCCN2CCCCC2)cc1Br. The van der Waals surface area contributed by atoms with Gasteiger partial charge in [-0.05, 0) is 50.6 Å². The number of hydrogen-bond acceptors (Lipinski definition) is 3. The highest BCUT2D eigenvalue weighted by Crippen LogP contribution is 2.20. The molecule has 1 aromatic carbocycles. The highest BCUT2D eigenvalue weighted by atomic mass is 79.9. The summed E-state index contributed by atoms with van der Waals surface area (Å²) in [5.74, 6) is 0.00407. The Hall–Kier alpha value is -0.910. The molecule has 21 heavy (non-hydrogen) atoms. The van der Waals surface area contributed by atoms with E-state index >= 15 is 0 Å². The average Bonchev–Trinajstić information content (AvgIpc) is 2.49. The second-order valence-corrected chi connectivity index (χ2v) is 6.45. The Bertz CT molecular complexity index is 473. The monoisotopic (exact) mass is 353 g/mol. The summed E-state index contributed by atoms with van der Waals surface area (Å²) in [6.07, 6.45) is 3.98. The number of carbonyl (C=O) groups excluding carboxylic acids is 1. The second-order valence-electron chi connectivity index (χ2n) is 5.59. The molecule has 0 atom stereocenters. The molecule has 2 rings (SSSR count). The predicted molar refractivity (Wildman–Crippen MR) is 90.7 cm³/mol. The molecule has 1 aromatic rings. The number of hydrogen-bond donors (Lipinski definition) is 2. The number of benzene rings is 1. The van der Waals surface area contributed by atoms with Gasteiger partial charge in [-0.25, -0.2) is 0 Å². The Morgan fingerprint density at radius 1 is 1.29 bits per heavy atom. The molecule has 0 aliphatic carbocycles. The van der Waals surface area contributed by atoms with Crippen LogP contribution in [-0.2, 0) is 4.79 Å². The molecule has 0 unspecified atom stereocenters. The number of carbonyl (C=O) groups is 1. The number of anilines is 1. The maximum absolute atomic E-state index is 11.9. The lowest BCUT2D eigenvalue weighted by molar-refractivity contribution is -0.115. The Labute approximate surface area is 135 Å². The van der Waals surface area contributed by atoms with Crippen molar-refractivity contribution in [2.24, 2.45) is 0 Å². The van der Waals surface area contributed by atoms with Crippen molar-refractivity contribution < 1.29 is 4.79 Å². The predicted octanol–water partition coefficient (Wildman–Crippen LogP) is 2.77. The van der Waals surface area contributed by atoms with Crippen molar-refractivity contribution in [3.8, 4) is 0 Å². The molecule has 1 fully saturated rings. The van der Waals surface area contributed by atoms with Gasteiger partial charge in [-0.15, -0.1) is 0 Å². The van der Waals surface area contributed by atoms with E-state index in [-0.39, 0.29) is 5.91 Å². The fourth-order valence-electron chi connectivity index (χ4n) is 2.50. The Balaban J connectivity index is 1.63.